The van der Waals surface area contributed by atoms with E-state index in [1.807, 2.05) is 24.3 Å². The van der Waals surface area contributed by atoms with E-state index in [1.165, 1.54) is 24.3 Å². The number of carboxylic acid groups (broad SMARTS) is 1. The number of carbonyl (C=O) groups excluding carboxylic acids is 1. The van der Waals surface area contributed by atoms with E-state index in [1.54, 1.807) is 6.07 Å². The summed E-state index contributed by atoms with van der Waals surface area (Å²) >= 11 is 0. The van der Waals surface area contributed by atoms with Crippen LogP contribution in [0.3, 0.4) is 0 Å². The third kappa shape index (κ3) is 2.98. The van der Waals surface area contributed by atoms with Gasteiger partial charge in [-0.1, -0.05) is 36.1 Å². The number of ketones is 1. The predicted octanol–water partition coefficient (Wildman–Crippen LogP) is 3.10. The summed E-state index contributed by atoms with van der Waals surface area (Å²) in [6.45, 7) is 0. The first-order valence-corrected chi connectivity index (χ1v) is 6.80. The van der Waals surface area contributed by atoms with Crippen LogP contribution in [0.25, 0.3) is 17.0 Å². The predicted molar refractivity (Wildman–Crippen MR) is 82.4 cm³/mol. The van der Waals surface area contributed by atoms with E-state index in [0.29, 0.717) is 11.3 Å². The van der Waals surface area contributed by atoms with Gasteiger partial charge in [0.1, 0.15) is 11.3 Å². The summed E-state index contributed by atoms with van der Waals surface area (Å²) in [5.74, 6) is -1.84. The van der Waals surface area contributed by atoms with Crippen molar-refractivity contribution in [3.63, 3.8) is 0 Å². The van der Waals surface area contributed by atoms with Gasteiger partial charge in [-0.3, -0.25) is 4.79 Å². The van der Waals surface area contributed by atoms with Gasteiger partial charge in [0.25, 0.3) is 0 Å². The molecule has 2 aromatic carbocycles. The second-order valence-electron chi connectivity index (χ2n) is 4.90. The van der Waals surface area contributed by atoms with Crippen molar-refractivity contribution >= 4 is 28.8 Å². The first-order valence-electron chi connectivity index (χ1n) is 6.80. The van der Waals surface area contributed by atoms with Gasteiger partial charge in [0.2, 0.25) is 0 Å². The zero-order valence-electron chi connectivity index (χ0n) is 11.9. The molecule has 1 N–H and O–H groups in total. The van der Waals surface area contributed by atoms with Crippen LogP contribution in [0.4, 0.5) is 0 Å². The molecule has 0 bridgehead atoms. The number of carboxylic acids is 1. The van der Waals surface area contributed by atoms with E-state index in [9.17, 15) is 14.7 Å². The Bertz CT molecular complexity index is 900. The molecule has 3 rings (SSSR count). The summed E-state index contributed by atoms with van der Waals surface area (Å²) in [7, 11) is 0. The molecular weight excluding hydrogens is 296 g/mol. The van der Waals surface area contributed by atoms with Crippen molar-refractivity contribution in [2.45, 2.75) is 0 Å². The lowest BCUT2D eigenvalue weighted by Crippen LogP contribution is -2.05. The highest BCUT2D eigenvalue weighted by Crippen LogP contribution is 2.21. The van der Waals surface area contributed by atoms with E-state index in [-0.39, 0.29) is 11.1 Å². The van der Waals surface area contributed by atoms with Crippen LogP contribution in [0.1, 0.15) is 26.5 Å². The van der Waals surface area contributed by atoms with Gasteiger partial charge in [0.15, 0.2) is 5.78 Å². The summed E-state index contributed by atoms with van der Waals surface area (Å²) in [5, 5.41) is 21.5. The van der Waals surface area contributed by atoms with Crippen LogP contribution in [-0.2, 0) is 0 Å². The molecule has 5 heteroatoms. The molecule has 1 aromatic heterocycles. The minimum atomic E-state index is -1.21. The lowest BCUT2D eigenvalue weighted by atomic mass is 10.1. The van der Waals surface area contributed by atoms with Crippen molar-refractivity contribution in [1.29, 1.82) is 0 Å². The highest BCUT2D eigenvalue weighted by molar-refractivity contribution is 6.09. The Labute approximate surface area is 131 Å². The normalized spacial score (nSPS) is 11.1. The average Bonchev–Trinajstić information content (AvgIpc) is 2.95. The fraction of sp³-hybridized carbons (Fsp3) is 0. The van der Waals surface area contributed by atoms with Gasteiger partial charge < -0.3 is 14.6 Å². The number of furan rings is 1. The Hall–Kier alpha value is -3.34. The molecule has 0 atom stereocenters. The summed E-state index contributed by atoms with van der Waals surface area (Å²) in [6, 6.07) is 12.6. The minimum absolute atomic E-state index is 0.0811. The highest BCUT2D eigenvalue weighted by Gasteiger charge is 2.08. The SMILES string of the molecule is O=C(O)c1ccc(C(=O)/C=C/c2cc3ccccc3o2)c([O-])c1. The standard InChI is InChI=1S/C18H12O5/c19-15(14-7-5-12(18(21)22)10-16(14)20)8-6-13-9-11-3-1-2-4-17(11)23-13/h1-10,20H,(H,21,22)/p-1/b8-6+. The third-order valence-corrected chi connectivity index (χ3v) is 3.34. The van der Waals surface area contributed by atoms with Crippen molar-refractivity contribution in [2.75, 3.05) is 0 Å². The van der Waals surface area contributed by atoms with Crippen molar-refractivity contribution < 1.29 is 24.2 Å². The van der Waals surface area contributed by atoms with E-state index >= 15 is 0 Å². The number of aromatic carboxylic acids is 1. The molecule has 3 aromatic rings. The molecule has 0 aliphatic carbocycles. The number of hydrogen-bond acceptors (Lipinski definition) is 4. The Morgan fingerprint density at radius 3 is 2.57 bits per heavy atom. The topological polar surface area (TPSA) is 90.6 Å². The number of carbonyl (C=O) groups is 2. The van der Waals surface area contributed by atoms with Crippen LogP contribution in [0.2, 0.25) is 0 Å². The Kier molecular flexibility index (Phi) is 3.68. The summed E-state index contributed by atoms with van der Waals surface area (Å²) in [4.78, 5) is 22.8. The molecule has 0 fully saturated rings. The van der Waals surface area contributed by atoms with Crippen molar-refractivity contribution in [1.82, 2.24) is 0 Å². The summed E-state index contributed by atoms with van der Waals surface area (Å²) in [5.41, 5.74) is 0.477. The number of allylic oxidation sites excluding steroid dienone is 1. The van der Waals surface area contributed by atoms with Gasteiger partial charge in [-0.2, -0.15) is 0 Å². The van der Waals surface area contributed by atoms with Crippen LogP contribution in [-0.4, -0.2) is 16.9 Å². The van der Waals surface area contributed by atoms with Crippen LogP contribution in [0, 0.1) is 0 Å². The second-order valence-corrected chi connectivity index (χ2v) is 4.90. The van der Waals surface area contributed by atoms with Gasteiger partial charge in [0, 0.05) is 10.9 Å². The molecule has 0 aliphatic rings. The fourth-order valence-corrected chi connectivity index (χ4v) is 2.19. The smallest absolute Gasteiger partial charge is 0.335 e. The van der Waals surface area contributed by atoms with E-state index in [4.69, 9.17) is 9.52 Å². The summed E-state index contributed by atoms with van der Waals surface area (Å²) < 4.78 is 5.54. The molecule has 1 heterocycles. The molecule has 0 radical (unpaired) electrons. The molecule has 114 valence electrons. The van der Waals surface area contributed by atoms with E-state index < -0.39 is 17.5 Å². The number of para-hydroxylation sites is 1. The van der Waals surface area contributed by atoms with Crippen LogP contribution < -0.4 is 5.11 Å². The van der Waals surface area contributed by atoms with Gasteiger partial charge >= 0.3 is 5.97 Å². The maximum Gasteiger partial charge on any atom is 0.335 e. The number of benzene rings is 2. The Balaban J connectivity index is 1.84. The van der Waals surface area contributed by atoms with Crippen molar-refractivity contribution in [2.24, 2.45) is 0 Å². The molecule has 0 unspecified atom stereocenters. The molecule has 5 nitrogen and oxygen atoms in total. The zero-order chi connectivity index (χ0) is 16.4. The van der Waals surface area contributed by atoms with Gasteiger partial charge in [-0.25, -0.2) is 4.79 Å². The maximum atomic E-state index is 12.1. The summed E-state index contributed by atoms with van der Waals surface area (Å²) in [6.07, 6.45) is 2.71. The number of fused-ring (bicyclic) bond motifs is 1. The number of hydrogen-bond donors (Lipinski definition) is 1. The Morgan fingerprint density at radius 2 is 1.87 bits per heavy atom. The lowest BCUT2D eigenvalue weighted by molar-refractivity contribution is -0.268. The van der Waals surface area contributed by atoms with Crippen LogP contribution in [0.15, 0.2) is 59.0 Å². The van der Waals surface area contributed by atoms with Gasteiger partial charge in [0.05, 0.1) is 5.56 Å². The minimum Gasteiger partial charge on any atom is -0.872 e. The zero-order valence-corrected chi connectivity index (χ0v) is 11.9. The van der Waals surface area contributed by atoms with Crippen LogP contribution >= 0.6 is 0 Å². The van der Waals surface area contributed by atoms with Crippen LogP contribution in [0.5, 0.6) is 5.75 Å². The average molecular weight is 307 g/mol. The monoisotopic (exact) mass is 307 g/mol. The molecule has 0 spiro atoms. The van der Waals surface area contributed by atoms with Gasteiger partial charge in [-0.15, -0.1) is 0 Å². The third-order valence-electron chi connectivity index (χ3n) is 3.34. The highest BCUT2D eigenvalue weighted by atomic mass is 16.4. The van der Waals surface area contributed by atoms with Gasteiger partial charge in [-0.05, 0) is 30.4 Å². The molecule has 0 aliphatic heterocycles. The number of rotatable bonds is 4. The molecular formula is C18H11O5-. The quantitative estimate of drug-likeness (QED) is 0.591. The van der Waals surface area contributed by atoms with E-state index in [2.05, 4.69) is 0 Å². The molecule has 0 saturated heterocycles. The lowest BCUT2D eigenvalue weighted by Gasteiger charge is -2.11. The van der Waals surface area contributed by atoms with Crippen molar-refractivity contribution in [3.05, 3.63) is 71.5 Å². The second kappa shape index (κ2) is 5.81. The van der Waals surface area contributed by atoms with Crippen molar-refractivity contribution in [3.8, 4) is 5.75 Å². The molecule has 0 saturated carbocycles. The first-order chi connectivity index (χ1) is 11.0. The molecule has 0 amide bonds. The first kappa shape index (κ1) is 14.6. The van der Waals surface area contributed by atoms with E-state index in [0.717, 1.165) is 11.5 Å². The Morgan fingerprint density at radius 1 is 1.09 bits per heavy atom. The maximum absolute atomic E-state index is 12.1. The largest absolute Gasteiger partial charge is 0.872 e. The fourth-order valence-electron chi connectivity index (χ4n) is 2.19. The molecule has 23 heavy (non-hydrogen) atoms.